The van der Waals surface area contributed by atoms with Gasteiger partial charge in [-0.2, -0.15) is 5.26 Å². The SMILES string of the molecule is N#Cc1cc(Cl)cc(Br)c1OCCN1CCOCC1. The van der Waals surface area contributed by atoms with E-state index in [1.807, 2.05) is 0 Å². The Labute approximate surface area is 126 Å². The number of nitriles is 1. The third kappa shape index (κ3) is 4.08. The first-order valence-corrected chi connectivity index (χ1v) is 7.20. The second-order valence-electron chi connectivity index (χ2n) is 4.18. The van der Waals surface area contributed by atoms with Gasteiger partial charge in [-0.1, -0.05) is 11.6 Å². The Morgan fingerprint density at radius 3 is 2.84 bits per heavy atom. The Morgan fingerprint density at radius 1 is 1.42 bits per heavy atom. The maximum Gasteiger partial charge on any atom is 0.151 e. The third-order valence-corrected chi connectivity index (χ3v) is 3.69. The van der Waals surface area contributed by atoms with Gasteiger partial charge < -0.3 is 9.47 Å². The van der Waals surface area contributed by atoms with E-state index in [2.05, 4.69) is 26.9 Å². The van der Waals surface area contributed by atoms with Crippen molar-refractivity contribution < 1.29 is 9.47 Å². The van der Waals surface area contributed by atoms with Gasteiger partial charge in [-0.05, 0) is 28.1 Å². The van der Waals surface area contributed by atoms with E-state index in [0.29, 0.717) is 27.4 Å². The highest BCUT2D eigenvalue weighted by molar-refractivity contribution is 9.10. The Morgan fingerprint density at radius 2 is 2.16 bits per heavy atom. The molecular weight excluding hydrogens is 332 g/mol. The lowest BCUT2D eigenvalue weighted by atomic mass is 10.2. The quantitative estimate of drug-likeness (QED) is 0.842. The van der Waals surface area contributed by atoms with Crippen molar-refractivity contribution in [1.29, 1.82) is 5.26 Å². The number of ether oxygens (including phenoxy) is 2. The third-order valence-electron chi connectivity index (χ3n) is 2.89. The zero-order valence-corrected chi connectivity index (χ0v) is 12.7. The molecule has 1 aliphatic rings. The van der Waals surface area contributed by atoms with Gasteiger partial charge in [-0.3, -0.25) is 4.90 Å². The van der Waals surface area contributed by atoms with Crippen molar-refractivity contribution in [2.24, 2.45) is 0 Å². The van der Waals surface area contributed by atoms with E-state index in [4.69, 9.17) is 26.3 Å². The van der Waals surface area contributed by atoms with E-state index < -0.39 is 0 Å². The predicted octanol–water partition coefficient (Wildman–Crippen LogP) is 2.69. The zero-order chi connectivity index (χ0) is 13.7. The number of halogens is 2. The van der Waals surface area contributed by atoms with Crippen molar-refractivity contribution in [3.8, 4) is 11.8 Å². The highest BCUT2D eigenvalue weighted by atomic mass is 79.9. The molecule has 1 fully saturated rings. The van der Waals surface area contributed by atoms with Gasteiger partial charge in [0.15, 0.2) is 5.75 Å². The molecule has 0 radical (unpaired) electrons. The van der Waals surface area contributed by atoms with E-state index in [1.165, 1.54) is 0 Å². The molecule has 0 spiro atoms. The van der Waals surface area contributed by atoms with Crippen LogP contribution in [0.3, 0.4) is 0 Å². The minimum Gasteiger partial charge on any atom is -0.490 e. The van der Waals surface area contributed by atoms with E-state index in [9.17, 15) is 0 Å². The molecule has 0 saturated carbocycles. The van der Waals surface area contributed by atoms with Crippen LogP contribution in [-0.2, 0) is 4.74 Å². The molecule has 0 unspecified atom stereocenters. The first-order chi connectivity index (χ1) is 9.20. The zero-order valence-electron chi connectivity index (χ0n) is 10.4. The molecule has 6 heteroatoms. The van der Waals surface area contributed by atoms with Gasteiger partial charge in [0.05, 0.1) is 23.2 Å². The average molecular weight is 346 g/mol. The van der Waals surface area contributed by atoms with Crippen LogP contribution in [0.4, 0.5) is 0 Å². The van der Waals surface area contributed by atoms with Crippen LogP contribution in [0.5, 0.6) is 5.75 Å². The van der Waals surface area contributed by atoms with Crippen molar-refractivity contribution in [2.75, 3.05) is 39.5 Å². The molecule has 1 aromatic carbocycles. The summed E-state index contributed by atoms with van der Waals surface area (Å²) in [6.07, 6.45) is 0. The first kappa shape index (κ1) is 14.6. The van der Waals surface area contributed by atoms with Crippen LogP contribution in [0.2, 0.25) is 5.02 Å². The molecule has 1 heterocycles. The van der Waals surface area contributed by atoms with Crippen molar-refractivity contribution in [1.82, 2.24) is 4.90 Å². The van der Waals surface area contributed by atoms with Gasteiger partial charge in [0.25, 0.3) is 0 Å². The molecule has 1 aromatic rings. The van der Waals surface area contributed by atoms with Gasteiger partial charge in [0.2, 0.25) is 0 Å². The maximum atomic E-state index is 9.08. The summed E-state index contributed by atoms with van der Waals surface area (Å²) in [5.74, 6) is 0.556. The Bertz CT molecular complexity index is 484. The molecule has 2 rings (SSSR count). The molecular formula is C13H14BrClN2O2. The molecule has 4 nitrogen and oxygen atoms in total. The second-order valence-corrected chi connectivity index (χ2v) is 5.47. The summed E-state index contributed by atoms with van der Waals surface area (Å²) in [6, 6.07) is 5.43. The molecule has 102 valence electrons. The van der Waals surface area contributed by atoms with Crippen LogP contribution < -0.4 is 4.74 Å². The van der Waals surface area contributed by atoms with E-state index in [-0.39, 0.29) is 0 Å². The van der Waals surface area contributed by atoms with E-state index in [1.54, 1.807) is 12.1 Å². The Kier molecular flexibility index (Phi) is 5.46. The summed E-state index contributed by atoms with van der Waals surface area (Å²) in [5.41, 5.74) is 0.446. The van der Waals surface area contributed by atoms with Gasteiger partial charge in [-0.15, -0.1) is 0 Å². The lowest BCUT2D eigenvalue weighted by Gasteiger charge is -2.26. The van der Waals surface area contributed by atoms with Crippen LogP contribution in [0, 0.1) is 11.3 Å². The largest absolute Gasteiger partial charge is 0.490 e. The second kappa shape index (κ2) is 7.11. The molecule has 0 bridgehead atoms. The standard InChI is InChI=1S/C13H14BrClN2O2/c14-12-8-11(15)7-10(9-16)13(12)19-6-3-17-1-4-18-5-2-17/h7-8H,1-6H2. The summed E-state index contributed by atoms with van der Waals surface area (Å²) in [4.78, 5) is 2.28. The van der Waals surface area contributed by atoms with Crippen LogP contribution >= 0.6 is 27.5 Å². The van der Waals surface area contributed by atoms with Crippen molar-refractivity contribution in [2.45, 2.75) is 0 Å². The molecule has 1 aliphatic heterocycles. The number of rotatable bonds is 4. The van der Waals surface area contributed by atoms with Crippen LogP contribution in [-0.4, -0.2) is 44.4 Å². The number of hydrogen-bond donors (Lipinski definition) is 0. The number of nitrogens with zero attached hydrogens (tertiary/aromatic N) is 2. The van der Waals surface area contributed by atoms with Crippen molar-refractivity contribution >= 4 is 27.5 Å². The lowest BCUT2D eigenvalue weighted by Crippen LogP contribution is -2.38. The van der Waals surface area contributed by atoms with Crippen molar-refractivity contribution in [3.63, 3.8) is 0 Å². The first-order valence-electron chi connectivity index (χ1n) is 6.03. The molecule has 0 aliphatic carbocycles. The summed E-state index contributed by atoms with van der Waals surface area (Å²) < 4.78 is 11.7. The summed E-state index contributed by atoms with van der Waals surface area (Å²) in [5, 5.41) is 9.60. The van der Waals surface area contributed by atoms with Gasteiger partial charge >= 0.3 is 0 Å². The molecule has 0 aromatic heterocycles. The summed E-state index contributed by atoms with van der Waals surface area (Å²) in [6.45, 7) is 4.76. The smallest absolute Gasteiger partial charge is 0.151 e. The Hall–Kier alpha value is -0.800. The monoisotopic (exact) mass is 344 g/mol. The molecule has 1 saturated heterocycles. The lowest BCUT2D eigenvalue weighted by molar-refractivity contribution is 0.0322. The molecule has 0 amide bonds. The minimum atomic E-state index is 0.446. The average Bonchev–Trinajstić information content (AvgIpc) is 2.42. The van der Waals surface area contributed by atoms with E-state index in [0.717, 1.165) is 32.8 Å². The Balaban J connectivity index is 1.93. The fraction of sp³-hybridized carbons (Fsp3) is 0.462. The van der Waals surface area contributed by atoms with Gasteiger partial charge in [-0.25, -0.2) is 0 Å². The molecule has 0 atom stereocenters. The highest BCUT2D eigenvalue weighted by Crippen LogP contribution is 2.32. The number of hydrogen-bond acceptors (Lipinski definition) is 4. The van der Waals surface area contributed by atoms with Crippen molar-refractivity contribution in [3.05, 3.63) is 27.2 Å². The van der Waals surface area contributed by atoms with Crippen LogP contribution in [0.1, 0.15) is 5.56 Å². The minimum absolute atomic E-state index is 0.446. The number of morpholine rings is 1. The predicted molar refractivity (Wildman–Crippen MR) is 76.6 cm³/mol. The fourth-order valence-corrected chi connectivity index (χ4v) is 2.82. The topological polar surface area (TPSA) is 45.5 Å². The number of benzene rings is 1. The van der Waals surface area contributed by atoms with Gasteiger partial charge in [0, 0.05) is 24.7 Å². The van der Waals surface area contributed by atoms with Crippen LogP contribution in [0.15, 0.2) is 16.6 Å². The maximum absolute atomic E-state index is 9.08. The summed E-state index contributed by atoms with van der Waals surface area (Å²) >= 11 is 9.27. The molecule has 0 N–H and O–H groups in total. The normalized spacial score (nSPS) is 16.1. The summed E-state index contributed by atoms with van der Waals surface area (Å²) in [7, 11) is 0. The van der Waals surface area contributed by atoms with E-state index >= 15 is 0 Å². The van der Waals surface area contributed by atoms with Crippen LogP contribution in [0.25, 0.3) is 0 Å². The van der Waals surface area contributed by atoms with Gasteiger partial charge in [0.1, 0.15) is 12.7 Å². The highest BCUT2D eigenvalue weighted by Gasteiger charge is 2.13. The molecule has 19 heavy (non-hydrogen) atoms. The fourth-order valence-electron chi connectivity index (χ4n) is 1.89.